The van der Waals surface area contributed by atoms with Crippen LogP contribution in [0.3, 0.4) is 0 Å². The molecule has 2 bridgehead atoms. The predicted octanol–water partition coefficient (Wildman–Crippen LogP) is 1.76. The number of rotatable bonds is 4. The van der Waals surface area contributed by atoms with Crippen molar-refractivity contribution in [3.05, 3.63) is 54.6 Å². The largest absolute Gasteiger partial charge is 0.293 e. The minimum Gasteiger partial charge on any atom is -0.293 e. The highest BCUT2D eigenvalue weighted by Gasteiger charge is 2.39. The van der Waals surface area contributed by atoms with E-state index in [4.69, 9.17) is 0 Å². The number of hydrogen-bond donors (Lipinski definition) is 0. The number of piperidine rings is 1. The van der Waals surface area contributed by atoms with Crippen molar-refractivity contribution in [2.45, 2.75) is 30.3 Å². The van der Waals surface area contributed by atoms with E-state index >= 15 is 0 Å². The Kier molecular flexibility index (Phi) is 4.54. The lowest BCUT2D eigenvalue weighted by Crippen LogP contribution is -2.44. The van der Waals surface area contributed by atoms with Gasteiger partial charge in [0.1, 0.15) is 4.90 Å². The van der Waals surface area contributed by atoms with Gasteiger partial charge in [-0.2, -0.15) is 4.31 Å². The lowest BCUT2D eigenvalue weighted by atomic mass is 9.95. The zero-order chi connectivity index (χ0) is 17.3. The van der Waals surface area contributed by atoms with E-state index in [1.807, 2.05) is 24.4 Å². The molecule has 7 heteroatoms. The minimum atomic E-state index is -3.48. The third-order valence-corrected chi connectivity index (χ3v) is 6.97. The summed E-state index contributed by atoms with van der Waals surface area (Å²) in [5.74, 6) is 0.369. The van der Waals surface area contributed by atoms with Crippen LogP contribution in [0, 0.1) is 5.92 Å². The Bertz CT molecular complexity index is 813. The Hall–Kier alpha value is -1.83. The number of fused-ring (bicyclic) bond motifs is 4. The van der Waals surface area contributed by atoms with E-state index in [9.17, 15) is 8.42 Å². The number of pyridine rings is 2. The topological polar surface area (TPSA) is 66.4 Å². The number of aromatic nitrogens is 2. The maximum Gasteiger partial charge on any atom is 0.244 e. The van der Waals surface area contributed by atoms with Crippen LogP contribution in [-0.4, -0.2) is 53.3 Å². The van der Waals surface area contributed by atoms with Gasteiger partial charge < -0.3 is 0 Å². The van der Waals surface area contributed by atoms with Gasteiger partial charge in [0.05, 0.1) is 5.69 Å². The van der Waals surface area contributed by atoms with Crippen molar-refractivity contribution >= 4 is 10.0 Å². The van der Waals surface area contributed by atoms with Crippen molar-refractivity contribution < 1.29 is 8.42 Å². The van der Waals surface area contributed by atoms with Crippen LogP contribution in [0.2, 0.25) is 0 Å². The number of nitrogens with zero attached hydrogens (tertiary/aromatic N) is 4. The van der Waals surface area contributed by atoms with E-state index < -0.39 is 10.0 Å². The van der Waals surface area contributed by atoms with Gasteiger partial charge in [-0.05, 0) is 43.0 Å². The van der Waals surface area contributed by atoms with Crippen LogP contribution >= 0.6 is 0 Å². The Morgan fingerprint density at radius 2 is 1.96 bits per heavy atom. The van der Waals surface area contributed by atoms with Gasteiger partial charge in [-0.1, -0.05) is 6.07 Å². The van der Waals surface area contributed by atoms with E-state index in [-0.39, 0.29) is 10.9 Å². The fourth-order valence-electron chi connectivity index (χ4n) is 3.87. The van der Waals surface area contributed by atoms with Crippen LogP contribution in [-0.2, 0) is 16.6 Å². The standard InChI is InChI=1S/C18H22N4O2S/c23-25(24,18-5-3-8-19-10-18)22-12-15-6-7-17(14-22)21(11-15)13-16-4-1-2-9-20-16/h1-5,8-10,15,17H,6-7,11-14H2/t15-,17-/m1/s1. The summed E-state index contributed by atoms with van der Waals surface area (Å²) in [6.45, 7) is 2.84. The molecule has 0 amide bonds. The smallest absolute Gasteiger partial charge is 0.244 e. The molecule has 0 aromatic carbocycles. The maximum absolute atomic E-state index is 13.0. The lowest BCUT2D eigenvalue weighted by molar-refractivity contribution is 0.124. The molecule has 0 N–H and O–H groups in total. The van der Waals surface area contributed by atoms with Crippen molar-refractivity contribution in [3.8, 4) is 0 Å². The van der Waals surface area contributed by atoms with Crippen molar-refractivity contribution in [2.75, 3.05) is 19.6 Å². The van der Waals surface area contributed by atoms with Gasteiger partial charge in [0.15, 0.2) is 0 Å². The maximum atomic E-state index is 13.0. The van der Waals surface area contributed by atoms with E-state index in [1.165, 1.54) is 6.20 Å². The summed E-state index contributed by atoms with van der Waals surface area (Å²) in [5, 5.41) is 0. The minimum absolute atomic E-state index is 0.243. The normalized spacial score (nSPS) is 25.0. The Balaban J connectivity index is 1.55. The molecule has 0 spiro atoms. The second kappa shape index (κ2) is 6.82. The molecule has 5 rings (SSSR count). The summed E-state index contributed by atoms with van der Waals surface area (Å²) in [5.41, 5.74) is 1.04. The highest BCUT2D eigenvalue weighted by molar-refractivity contribution is 7.89. The fourth-order valence-corrected chi connectivity index (χ4v) is 5.39. The van der Waals surface area contributed by atoms with Crippen LogP contribution < -0.4 is 0 Å². The van der Waals surface area contributed by atoms with E-state index in [1.54, 1.807) is 22.6 Å². The van der Waals surface area contributed by atoms with Crippen LogP contribution in [0.25, 0.3) is 0 Å². The summed E-state index contributed by atoms with van der Waals surface area (Å²) in [7, 11) is -3.48. The summed E-state index contributed by atoms with van der Waals surface area (Å²) >= 11 is 0. The molecule has 0 aliphatic carbocycles. The second-order valence-corrected chi connectivity index (χ2v) is 8.80. The molecule has 3 saturated heterocycles. The van der Waals surface area contributed by atoms with Crippen molar-refractivity contribution in [1.82, 2.24) is 19.2 Å². The van der Waals surface area contributed by atoms with Gasteiger partial charge in [-0.15, -0.1) is 0 Å². The van der Waals surface area contributed by atoms with Gasteiger partial charge in [-0.3, -0.25) is 14.9 Å². The van der Waals surface area contributed by atoms with Gasteiger partial charge in [-0.25, -0.2) is 8.42 Å². The molecule has 0 unspecified atom stereocenters. The molecule has 0 radical (unpaired) electrons. The Morgan fingerprint density at radius 1 is 1.04 bits per heavy atom. The second-order valence-electron chi connectivity index (χ2n) is 6.86. The molecule has 2 aromatic heterocycles. The monoisotopic (exact) mass is 358 g/mol. The molecule has 25 heavy (non-hydrogen) atoms. The average molecular weight is 358 g/mol. The summed E-state index contributed by atoms with van der Waals surface area (Å²) in [6.07, 6.45) is 6.97. The molecular weight excluding hydrogens is 336 g/mol. The molecule has 6 nitrogen and oxygen atoms in total. The highest BCUT2D eigenvalue weighted by atomic mass is 32.2. The zero-order valence-corrected chi connectivity index (χ0v) is 14.8. The molecule has 3 aliphatic heterocycles. The van der Waals surface area contributed by atoms with E-state index in [2.05, 4.69) is 14.9 Å². The van der Waals surface area contributed by atoms with Crippen molar-refractivity contribution in [3.63, 3.8) is 0 Å². The third-order valence-electron chi connectivity index (χ3n) is 5.16. The SMILES string of the molecule is O=S(=O)(c1cccnc1)N1C[C@@H]2CC[C@H](C1)N(Cc1ccccn1)C2. The van der Waals surface area contributed by atoms with Crippen molar-refractivity contribution in [2.24, 2.45) is 5.92 Å². The lowest BCUT2D eigenvalue weighted by Gasteiger charge is -2.35. The average Bonchev–Trinajstić information content (AvgIpc) is 2.96. The summed E-state index contributed by atoms with van der Waals surface area (Å²) in [4.78, 5) is 11.1. The van der Waals surface area contributed by atoms with Crippen LogP contribution in [0.1, 0.15) is 18.5 Å². The van der Waals surface area contributed by atoms with Crippen LogP contribution in [0.15, 0.2) is 53.8 Å². The molecule has 132 valence electrons. The van der Waals surface area contributed by atoms with Gasteiger partial charge in [0.25, 0.3) is 0 Å². The van der Waals surface area contributed by atoms with Crippen molar-refractivity contribution in [1.29, 1.82) is 0 Å². The fraction of sp³-hybridized carbons (Fsp3) is 0.444. The first kappa shape index (κ1) is 16.6. The Morgan fingerprint density at radius 3 is 2.72 bits per heavy atom. The molecule has 5 heterocycles. The molecule has 2 atom stereocenters. The molecule has 3 aliphatic rings. The first-order valence-electron chi connectivity index (χ1n) is 8.67. The van der Waals surface area contributed by atoms with E-state index in [0.717, 1.165) is 31.6 Å². The molecule has 0 saturated carbocycles. The molecule has 2 aromatic rings. The quantitative estimate of drug-likeness (QED) is 0.833. The molecule has 3 fully saturated rings. The first-order valence-corrected chi connectivity index (χ1v) is 10.1. The van der Waals surface area contributed by atoms with Crippen LogP contribution in [0.4, 0.5) is 0 Å². The zero-order valence-electron chi connectivity index (χ0n) is 14.0. The highest BCUT2D eigenvalue weighted by Crippen LogP contribution is 2.31. The number of sulfonamides is 1. The van der Waals surface area contributed by atoms with Crippen LogP contribution in [0.5, 0.6) is 0 Å². The summed E-state index contributed by atoms with van der Waals surface area (Å²) < 4.78 is 27.6. The van der Waals surface area contributed by atoms with Gasteiger partial charge >= 0.3 is 0 Å². The first-order chi connectivity index (χ1) is 12.1. The predicted molar refractivity (Wildman–Crippen MR) is 94.2 cm³/mol. The van der Waals surface area contributed by atoms with Gasteiger partial charge in [0, 0.05) is 50.8 Å². The van der Waals surface area contributed by atoms with E-state index in [0.29, 0.717) is 19.0 Å². The third kappa shape index (κ3) is 3.44. The Labute approximate surface area is 148 Å². The summed E-state index contributed by atoms with van der Waals surface area (Å²) in [6, 6.07) is 9.49. The molecular formula is C18H22N4O2S. The number of hydrogen-bond acceptors (Lipinski definition) is 5. The van der Waals surface area contributed by atoms with Gasteiger partial charge in [0.2, 0.25) is 10.0 Å².